The van der Waals surface area contributed by atoms with Crippen LogP contribution in [0, 0.1) is 12.3 Å². The molecule has 0 aliphatic heterocycles. The molecule has 3 rings (SSSR count). The van der Waals surface area contributed by atoms with Crippen molar-refractivity contribution in [3.05, 3.63) is 47.5 Å². The lowest BCUT2D eigenvalue weighted by Gasteiger charge is -2.55. The summed E-state index contributed by atoms with van der Waals surface area (Å²) in [5.74, 6) is 2.54. The average Bonchev–Trinajstić information content (AvgIpc) is 3.08. The molecule has 172 valence electrons. The fourth-order valence-electron chi connectivity index (χ4n) is 4.55. The molecule has 2 aromatic rings. The van der Waals surface area contributed by atoms with Gasteiger partial charge >= 0.3 is 0 Å². The number of halogens is 1. The molecule has 2 N–H and O–H groups in total. The van der Waals surface area contributed by atoms with Gasteiger partial charge in [-0.15, -0.1) is 34.2 Å². The minimum Gasteiger partial charge on any atom is -0.381 e. The highest BCUT2D eigenvalue weighted by molar-refractivity contribution is 14.0. The number of aliphatic imine (C=N–C) groups is 1. The molecule has 1 aliphatic rings. The van der Waals surface area contributed by atoms with Gasteiger partial charge in [-0.3, -0.25) is 0 Å². The predicted octanol–water partition coefficient (Wildman–Crippen LogP) is 4.13. The van der Waals surface area contributed by atoms with Crippen molar-refractivity contribution >= 4 is 29.9 Å². The van der Waals surface area contributed by atoms with Gasteiger partial charge < -0.3 is 19.9 Å². The van der Waals surface area contributed by atoms with E-state index in [1.807, 2.05) is 31.7 Å². The first-order valence-electron chi connectivity index (χ1n) is 10.9. The zero-order valence-electron chi connectivity index (χ0n) is 19.6. The highest BCUT2D eigenvalue weighted by Crippen LogP contribution is 2.48. The molecule has 31 heavy (non-hydrogen) atoms. The van der Waals surface area contributed by atoms with E-state index in [2.05, 4.69) is 65.9 Å². The molecule has 1 aromatic carbocycles. The molecule has 7 nitrogen and oxygen atoms in total. The van der Waals surface area contributed by atoms with Gasteiger partial charge in [0.2, 0.25) is 0 Å². The second kappa shape index (κ2) is 11.3. The van der Waals surface area contributed by atoms with Crippen LogP contribution in [-0.2, 0) is 18.3 Å². The molecule has 8 heteroatoms. The van der Waals surface area contributed by atoms with Crippen molar-refractivity contribution in [3.63, 3.8) is 0 Å². The first-order chi connectivity index (χ1) is 14.4. The van der Waals surface area contributed by atoms with E-state index in [4.69, 9.17) is 9.73 Å². The zero-order valence-corrected chi connectivity index (χ0v) is 21.9. The highest BCUT2D eigenvalue weighted by atomic mass is 127. The number of guanidine groups is 1. The van der Waals surface area contributed by atoms with Gasteiger partial charge in [0.1, 0.15) is 12.4 Å². The van der Waals surface area contributed by atoms with Gasteiger partial charge in [0.25, 0.3) is 0 Å². The number of rotatable bonds is 8. The number of hydrogen-bond acceptors (Lipinski definition) is 4. The summed E-state index contributed by atoms with van der Waals surface area (Å²) in [7, 11) is 3.80. The number of benzene rings is 1. The van der Waals surface area contributed by atoms with Crippen LogP contribution in [-0.4, -0.2) is 40.0 Å². The second-order valence-electron chi connectivity index (χ2n) is 8.26. The first-order valence-corrected chi connectivity index (χ1v) is 10.9. The smallest absolute Gasteiger partial charge is 0.192 e. The molecule has 1 saturated carbocycles. The molecular weight excluding hydrogens is 503 g/mol. The lowest BCUT2D eigenvalue weighted by atomic mass is 9.58. The van der Waals surface area contributed by atoms with Crippen LogP contribution in [0.4, 0.5) is 0 Å². The number of methoxy groups -OCH3 is 1. The summed E-state index contributed by atoms with van der Waals surface area (Å²) in [6.07, 6.45) is 3.42. The SMILES string of the molecule is CCC1(CC)C(NC(=NCc2nnc(C)n2C)NC(C)c2ccccc2)CC1OC.I. The van der Waals surface area contributed by atoms with Crippen LogP contribution in [0.5, 0.6) is 0 Å². The number of hydrogen-bond donors (Lipinski definition) is 2. The van der Waals surface area contributed by atoms with Crippen LogP contribution in [0.2, 0.25) is 0 Å². The minimum absolute atomic E-state index is 0. The Morgan fingerprint density at radius 3 is 2.48 bits per heavy atom. The third-order valence-corrected chi connectivity index (χ3v) is 6.91. The van der Waals surface area contributed by atoms with Crippen molar-refractivity contribution in [2.75, 3.05) is 7.11 Å². The van der Waals surface area contributed by atoms with Crippen LogP contribution >= 0.6 is 24.0 Å². The van der Waals surface area contributed by atoms with Crippen molar-refractivity contribution in [3.8, 4) is 0 Å². The van der Waals surface area contributed by atoms with Crippen LogP contribution in [0.15, 0.2) is 35.3 Å². The molecular formula is C23H37IN6O. The quantitative estimate of drug-likeness (QED) is 0.299. The molecule has 0 saturated heterocycles. The van der Waals surface area contributed by atoms with Crippen LogP contribution in [0.3, 0.4) is 0 Å². The lowest BCUT2D eigenvalue weighted by Crippen LogP contribution is -2.65. The fourth-order valence-corrected chi connectivity index (χ4v) is 4.55. The Labute approximate surface area is 203 Å². The number of nitrogens with zero attached hydrogens (tertiary/aromatic N) is 4. The molecule has 0 radical (unpaired) electrons. The van der Waals surface area contributed by atoms with E-state index >= 15 is 0 Å². The van der Waals surface area contributed by atoms with E-state index in [9.17, 15) is 0 Å². The maximum atomic E-state index is 5.77. The van der Waals surface area contributed by atoms with E-state index in [-0.39, 0.29) is 35.4 Å². The third kappa shape index (κ3) is 5.39. The minimum atomic E-state index is 0. The van der Waals surface area contributed by atoms with E-state index in [1.165, 1.54) is 5.56 Å². The number of aromatic nitrogens is 3. The number of aryl methyl sites for hydroxylation is 1. The van der Waals surface area contributed by atoms with Gasteiger partial charge in [0.15, 0.2) is 11.8 Å². The molecule has 0 spiro atoms. The molecule has 1 heterocycles. The number of nitrogens with one attached hydrogen (secondary N) is 2. The van der Waals surface area contributed by atoms with Crippen molar-refractivity contribution in [1.29, 1.82) is 0 Å². The molecule has 1 aliphatic carbocycles. The Morgan fingerprint density at radius 2 is 1.94 bits per heavy atom. The highest BCUT2D eigenvalue weighted by Gasteiger charge is 2.53. The van der Waals surface area contributed by atoms with Crippen LogP contribution in [0.1, 0.15) is 63.3 Å². The summed E-state index contributed by atoms with van der Waals surface area (Å²) < 4.78 is 7.75. The van der Waals surface area contributed by atoms with Gasteiger partial charge in [0.05, 0.1) is 12.1 Å². The van der Waals surface area contributed by atoms with Crippen LogP contribution < -0.4 is 10.6 Å². The second-order valence-corrected chi connectivity index (χ2v) is 8.26. The van der Waals surface area contributed by atoms with Gasteiger partial charge in [-0.25, -0.2) is 4.99 Å². The van der Waals surface area contributed by atoms with Crippen molar-refractivity contribution < 1.29 is 4.74 Å². The maximum Gasteiger partial charge on any atom is 0.192 e. The van der Waals surface area contributed by atoms with Crippen molar-refractivity contribution in [1.82, 2.24) is 25.4 Å². The Bertz CT molecular complexity index is 849. The zero-order chi connectivity index (χ0) is 21.7. The Morgan fingerprint density at radius 1 is 1.26 bits per heavy atom. The molecule has 0 amide bonds. The van der Waals surface area contributed by atoms with E-state index in [0.29, 0.717) is 18.7 Å². The monoisotopic (exact) mass is 540 g/mol. The van der Waals surface area contributed by atoms with Gasteiger partial charge in [-0.05, 0) is 38.7 Å². The van der Waals surface area contributed by atoms with E-state index in [0.717, 1.165) is 36.9 Å². The van der Waals surface area contributed by atoms with Crippen molar-refractivity contribution in [2.45, 2.75) is 71.7 Å². The summed E-state index contributed by atoms with van der Waals surface area (Å²) in [6.45, 7) is 9.08. The predicted molar refractivity (Wildman–Crippen MR) is 136 cm³/mol. The summed E-state index contributed by atoms with van der Waals surface area (Å²) in [4.78, 5) is 4.87. The Kier molecular flexibility index (Phi) is 9.29. The van der Waals surface area contributed by atoms with E-state index < -0.39 is 0 Å². The largest absolute Gasteiger partial charge is 0.381 e. The molecule has 1 aromatic heterocycles. The van der Waals surface area contributed by atoms with Crippen molar-refractivity contribution in [2.24, 2.45) is 17.5 Å². The van der Waals surface area contributed by atoms with Crippen LogP contribution in [0.25, 0.3) is 0 Å². The van der Waals surface area contributed by atoms with E-state index in [1.54, 1.807) is 0 Å². The lowest BCUT2D eigenvalue weighted by molar-refractivity contribution is -0.118. The molecule has 3 unspecified atom stereocenters. The molecule has 1 fully saturated rings. The first kappa shape index (κ1) is 25.6. The maximum absolute atomic E-state index is 5.77. The summed E-state index contributed by atoms with van der Waals surface area (Å²) in [5.41, 5.74) is 1.36. The topological polar surface area (TPSA) is 76.4 Å². The number of ether oxygens (including phenoxy) is 1. The summed E-state index contributed by atoms with van der Waals surface area (Å²) in [5, 5.41) is 15.7. The van der Waals surface area contributed by atoms with Gasteiger partial charge in [-0.2, -0.15) is 0 Å². The van der Waals surface area contributed by atoms with Gasteiger partial charge in [0, 0.05) is 25.6 Å². The fraction of sp³-hybridized carbons (Fsp3) is 0.609. The third-order valence-electron chi connectivity index (χ3n) is 6.91. The van der Waals surface area contributed by atoms with Gasteiger partial charge in [-0.1, -0.05) is 44.2 Å². The summed E-state index contributed by atoms with van der Waals surface area (Å²) in [6, 6.07) is 10.9. The Balaban J connectivity index is 0.00000341. The Hall–Kier alpha value is -1.68. The molecule has 3 atom stereocenters. The molecule has 0 bridgehead atoms. The normalized spacial score (nSPS) is 21.0. The average molecular weight is 540 g/mol. The summed E-state index contributed by atoms with van der Waals surface area (Å²) >= 11 is 0. The standard InChI is InChI=1S/C23H36N6O.HI/c1-7-23(8-2)19(14-20(23)30-6)26-22(24-15-21-28-27-17(4)29(21)5)25-16(3)18-12-10-9-11-13-18;/h9-13,16,19-20H,7-8,14-15H2,1-6H3,(H2,24,25,26);1H.